The first-order chi connectivity index (χ1) is 12.2. The highest BCUT2D eigenvalue weighted by Gasteiger charge is 2.13. The monoisotopic (exact) mass is 479 g/mol. The molecular weight excluding hydrogens is 445 g/mol. The smallest absolute Gasteiger partial charge is 0.193 e. The predicted molar refractivity (Wildman–Crippen MR) is 115 cm³/mol. The summed E-state index contributed by atoms with van der Waals surface area (Å²) in [6.45, 7) is 7.90. The molecule has 0 unspecified atom stereocenters. The van der Waals surface area contributed by atoms with Crippen molar-refractivity contribution in [3.8, 4) is 0 Å². The Morgan fingerprint density at radius 3 is 2.88 bits per heavy atom. The molecule has 0 bridgehead atoms. The van der Waals surface area contributed by atoms with Crippen LogP contribution in [-0.4, -0.2) is 67.2 Å². The van der Waals surface area contributed by atoms with Gasteiger partial charge >= 0.3 is 0 Å². The molecule has 1 saturated heterocycles. The summed E-state index contributed by atoms with van der Waals surface area (Å²) in [7, 11) is 3.99. The summed E-state index contributed by atoms with van der Waals surface area (Å²) in [6, 6.07) is 0. The summed E-state index contributed by atoms with van der Waals surface area (Å²) in [5.41, 5.74) is 1.18. The molecular formula is C18H34IN5O2. The second-order valence-electron chi connectivity index (χ2n) is 6.60. The molecule has 1 aliphatic rings. The van der Waals surface area contributed by atoms with E-state index in [1.54, 1.807) is 0 Å². The van der Waals surface area contributed by atoms with E-state index in [1.165, 1.54) is 5.56 Å². The number of aliphatic imine (C=N–C) groups is 1. The lowest BCUT2D eigenvalue weighted by Crippen LogP contribution is -2.38. The van der Waals surface area contributed by atoms with E-state index >= 15 is 0 Å². The average molecular weight is 479 g/mol. The van der Waals surface area contributed by atoms with Gasteiger partial charge in [0, 0.05) is 71.9 Å². The fraction of sp³-hybridized carbons (Fsp3) is 0.778. The molecule has 1 aromatic rings. The molecule has 0 aliphatic carbocycles. The van der Waals surface area contributed by atoms with E-state index in [9.17, 15) is 0 Å². The Hall–Kier alpha value is -0.870. The lowest BCUT2D eigenvalue weighted by molar-refractivity contribution is 0.0205. The minimum atomic E-state index is 0. The first-order valence-corrected chi connectivity index (χ1v) is 9.31. The molecule has 0 atom stereocenters. The summed E-state index contributed by atoms with van der Waals surface area (Å²) in [5.74, 6) is 1.59. The van der Waals surface area contributed by atoms with Gasteiger partial charge in [-0.05, 0) is 32.1 Å². The van der Waals surface area contributed by atoms with E-state index in [2.05, 4.69) is 29.3 Å². The number of rotatable bonds is 9. The zero-order valence-corrected chi connectivity index (χ0v) is 18.6. The molecule has 0 amide bonds. The highest BCUT2D eigenvalue weighted by molar-refractivity contribution is 14.0. The van der Waals surface area contributed by atoms with Gasteiger partial charge in [0.05, 0.1) is 6.20 Å². The number of aryl methyl sites for hydroxylation is 1. The molecule has 0 saturated carbocycles. The molecule has 1 aromatic heterocycles. The number of nitrogens with zero attached hydrogens (tertiary/aromatic N) is 4. The predicted octanol–water partition coefficient (Wildman–Crippen LogP) is 2.27. The average Bonchev–Trinajstić information content (AvgIpc) is 3.02. The van der Waals surface area contributed by atoms with Crippen molar-refractivity contribution in [1.82, 2.24) is 20.0 Å². The number of guanidine groups is 1. The van der Waals surface area contributed by atoms with Crippen molar-refractivity contribution < 1.29 is 9.47 Å². The number of ether oxygens (including phenoxy) is 2. The lowest BCUT2D eigenvalue weighted by atomic mass is 10.0. The molecule has 0 radical (unpaired) electrons. The van der Waals surface area contributed by atoms with Gasteiger partial charge in [0.25, 0.3) is 0 Å². The van der Waals surface area contributed by atoms with Crippen molar-refractivity contribution in [3.05, 3.63) is 18.0 Å². The number of aromatic nitrogens is 2. The van der Waals surface area contributed by atoms with Crippen molar-refractivity contribution in [2.45, 2.75) is 32.7 Å². The number of halogens is 1. The van der Waals surface area contributed by atoms with Gasteiger partial charge in [-0.1, -0.05) is 0 Å². The van der Waals surface area contributed by atoms with E-state index < -0.39 is 0 Å². The fourth-order valence-electron chi connectivity index (χ4n) is 2.89. The van der Waals surface area contributed by atoms with Crippen LogP contribution in [0.25, 0.3) is 0 Å². The molecule has 1 fully saturated rings. The molecule has 26 heavy (non-hydrogen) atoms. The van der Waals surface area contributed by atoms with E-state index in [0.29, 0.717) is 5.92 Å². The van der Waals surface area contributed by atoms with Crippen LogP contribution in [0.1, 0.15) is 31.7 Å². The summed E-state index contributed by atoms with van der Waals surface area (Å²) >= 11 is 0. The van der Waals surface area contributed by atoms with Gasteiger partial charge < -0.3 is 19.7 Å². The Balaban J connectivity index is 0.00000338. The Bertz CT molecular complexity index is 517. The molecule has 0 aromatic carbocycles. The molecule has 0 spiro atoms. The first kappa shape index (κ1) is 23.2. The number of hydrogen-bond acceptors (Lipinski definition) is 4. The third kappa shape index (κ3) is 8.68. The minimum absolute atomic E-state index is 0. The molecule has 2 heterocycles. The van der Waals surface area contributed by atoms with Crippen LogP contribution in [0.4, 0.5) is 0 Å². The van der Waals surface area contributed by atoms with Gasteiger partial charge in [0.1, 0.15) is 0 Å². The van der Waals surface area contributed by atoms with Gasteiger partial charge in [-0.25, -0.2) is 0 Å². The van der Waals surface area contributed by atoms with Crippen LogP contribution in [0.15, 0.2) is 17.4 Å². The van der Waals surface area contributed by atoms with Crippen molar-refractivity contribution in [2.24, 2.45) is 18.0 Å². The van der Waals surface area contributed by atoms with E-state index in [-0.39, 0.29) is 24.0 Å². The molecule has 8 heteroatoms. The summed E-state index contributed by atoms with van der Waals surface area (Å²) in [6.07, 6.45) is 7.12. The Morgan fingerprint density at radius 1 is 1.46 bits per heavy atom. The van der Waals surface area contributed by atoms with Gasteiger partial charge in [-0.2, -0.15) is 5.10 Å². The maximum absolute atomic E-state index is 5.80. The maximum atomic E-state index is 5.80. The first-order valence-electron chi connectivity index (χ1n) is 9.31. The zero-order valence-electron chi connectivity index (χ0n) is 16.3. The SMILES string of the molecule is CCNC(=NCCCOCC1CCOCC1)N(C)Cc1cnn(C)c1.I. The summed E-state index contributed by atoms with van der Waals surface area (Å²) < 4.78 is 13.0. The second kappa shape index (κ2) is 13.3. The molecule has 1 N–H and O–H groups in total. The van der Waals surface area contributed by atoms with Crippen LogP contribution in [0.2, 0.25) is 0 Å². The number of hydrogen-bond donors (Lipinski definition) is 1. The van der Waals surface area contributed by atoms with Crippen molar-refractivity contribution in [2.75, 3.05) is 46.6 Å². The Morgan fingerprint density at radius 2 is 2.23 bits per heavy atom. The topological polar surface area (TPSA) is 63.9 Å². The van der Waals surface area contributed by atoms with Crippen molar-refractivity contribution >= 4 is 29.9 Å². The zero-order chi connectivity index (χ0) is 17.9. The quantitative estimate of drug-likeness (QED) is 0.255. The summed E-state index contributed by atoms with van der Waals surface area (Å²) in [5, 5.41) is 7.56. The normalized spacial score (nSPS) is 15.6. The van der Waals surface area contributed by atoms with E-state index in [0.717, 1.165) is 71.3 Å². The molecule has 150 valence electrons. The van der Waals surface area contributed by atoms with Gasteiger partial charge in [0.2, 0.25) is 0 Å². The van der Waals surface area contributed by atoms with Crippen LogP contribution in [0.3, 0.4) is 0 Å². The van der Waals surface area contributed by atoms with Gasteiger partial charge in [-0.15, -0.1) is 24.0 Å². The largest absolute Gasteiger partial charge is 0.381 e. The molecule has 1 aliphatic heterocycles. The Labute approximate surface area is 174 Å². The van der Waals surface area contributed by atoms with Crippen LogP contribution in [0, 0.1) is 5.92 Å². The molecule has 7 nitrogen and oxygen atoms in total. The third-order valence-corrected chi connectivity index (χ3v) is 4.28. The second-order valence-corrected chi connectivity index (χ2v) is 6.60. The standard InChI is InChI=1S/C18H33N5O2.HI/c1-4-19-18(22(2)13-17-12-21-23(3)14-17)20-8-5-9-25-15-16-6-10-24-11-7-16;/h12,14,16H,4-11,13,15H2,1-3H3,(H,19,20);1H. The van der Waals surface area contributed by atoms with Crippen LogP contribution in [-0.2, 0) is 23.1 Å². The number of nitrogens with one attached hydrogen (secondary N) is 1. The molecule has 2 rings (SSSR count). The maximum Gasteiger partial charge on any atom is 0.193 e. The van der Waals surface area contributed by atoms with E-state index in [1.807, 2.05) is 24.1 Å². The van der Waals surface area contributed by atoms with Crippen molar-refractivity contribution in [1.29, 1.82) is 0 Å². The van der Waals surface area contributed by atoms with Crippen molar-refractivity contribution in [3.63, 3.8) is 0 Å². The highest BCUT2D eigenvalue weighted by Crippen LogP contribution is 2.14. The van der Waals surface area contributed by atoms with E-state index in [4.69, 9.17) is 14.5 Å². The highest BCUT2D eigenvalue weighted by atomic mass is 127. The summed E-state index contributed by atoms with van der Waals surface area (Å²) in [4.78, 5) is 6.83. The van der Waals surface area contributed by atoms with Gasteiger partial charge in [-0.3, -0.25) is 9.67 Å². The minimum Gasteiger partial charge on any atom is -0.381 e. The van der Waals surface area contributed by atoms with Crippen LogP contribution in [0.5, 0.6) is 0 Å². The third-order valence-electron chi connectivity index (χ3n) is 4.28. The van der Waals surface area contributed by atoms with Crippen LogP contribution < -0.4 is 5.32 Å². The van der Waals surface area contributed by atoms with Gasteiger partial charge in [0.15, 0.2) is 5.96 Å². The van der Waals surface area contributed by atoms with Crippen LogP contribution >= 0.6 is 24.0 Å². The lowest BCUT2D eigenvalue weighted by Gasteiger charge is -2.22. The fourth-order valence-corrected chi connectivity index (χ4v) is 2.89. The Kier molecular flexibility index (Phi) is 11.9.